The Hall–Kier alpha value is -2.05. The third-order valence-corrected chi connectivity index (χ3v) is 4.90. The summed E-state index contributed by atoms with van der Waals surface area (Å²) in [6.07, 6.45) is -1.90. The van der Waals surface area contributed by atoms with Crippen molar-refractivity contribution in [2.75, 3.05) is 4.90 Å². The van der Waals surface area contributed by atoms with Crippen molar-refractivity contribution in [2.45, 2.75) is 37.5 Å². The Bertz CT molecular complexity index is 645. The maximum atomic E-state index is 12.8. The summed E-state index contributed by atoms with van der Waals surface area (Å²) in [6.45, 7) is 0. The lowest BCUT2D eigenvalue weighted by Gasteiger charge is -2.25. The molecule has 3 aliphatic rings. The van der Waals surface area contributed by atoms with Gasteiger partial charge in [0.25, 0.3) is 5.91 Å². The number of amides is 3. The van der Waals surface area contributed by atoms with E-state index in [0.717, 1.165) is 36.3 Å². The van der Waals surface area contributed by atoms with Crippen LogP contribution in [0.4, 0.5) is 23.7 Å². The first kappa shape index (κ1) is 13.6. The number of carbonyl (C=O) groups is 2. The molecule has 1 saturated carbocycles. The SMILES string of the molecule is O=C1[C@@H]2[C@@H]3CC[C@@H](C3)N2C(=O)N1c1cccc(C(F)(F)F)c1. The minimum Gasteiger partial charge on any atom is -0.309 e. The van der Waals surface area contributed by atoms with Crippen LogP contribution in [0.25, 0.3) is 0 Å². The zero-order chi connectivity index (χ0) is 15.6. The highest BCUT2D eigenvalue weighted by Crippen LogP contribution is 2.47. The lowest BCUT2D eigenvalue weighted by molar-refractivity contribution is -0.137. The molecule has 3 amide bonds. The topological polar surface area (TPSA) is 40.6 Å². The molecular formula is C15H13F3N2O2. The normalized spacial score (nSPS) is 30.4. The second-order valence-corrected chi connectivity index (χ2v) is 6.08. The molecular weight excluding hydrogens is 297 g/mol. The van der Waals surface area contributed by atoms with Gasteiger partial charge in [0.1, 0.15) is 6.04 Å². The van der Waals surface area contributed by atoms with E-state index in [1.165, 1.54) is 12.1 Å². The number of fused-ring (bicyclic) bond motifs is 5. The molecule has 0 spiro atoms. The Labute approximate surface area is 124 Å². The molecule has 1 aliphatic carbocycles. The first-order chi connectivity index (χ1) is 10.4. The minimum atomic E-state index is -4.50. The van der Waals surface area contributed by atoms with E-state index in [0.29, 0.717) is 0 Å². The molecule has 2 aliphatic heterocycles. The number of anilines is 1. The smallest absolute Gasteiger partial charge is 0.309 e. The number of urea groups is 1. The van der Waals surface area contributed by atoms with Crippen molar-refractivity contribution >= 4 is 17.6 Å². The van der Waals surface area contributed by atoms with Crippen molar-refractivity contribution in [3.8, 4) is 0 Å². The van der Waals surface area contributed by atoms with Crippen LogP contribution in [0.3, 0.4) is 0 Å². The van der Waals surface area contributed by atoms with Crippen LogP contribution in [-0.2, 0) is 11.0 Å². The van der Waals surface area contributed by atoms with Gasteiger partial charge in [0, 0.05) is 6.04 Å². The van der Waals surface area contributed by atoms with Crippen molar-refractivity contribution < 1.29 is 22.8 Å². The van der Waals surface area contributed by atoms with Gasteiger partial charge in [0.2, 0.25) is 0 Å². The quantitative estimate of drug-likeness (QED) is 0.748. The summed E-state index contributed by atoms with van der Waals surface area (Å²) >= 11 is 0. The van der Waals surface area contributed by atoms with Gasteiger partial charge in [-0.15, -0.1) is 0 Å². The Kier molecular flexibility index (Phi) is 2.62. The van der Waals surface area contributed by atoms with E-state index in [4.69, 9.17) is 0 Å². The molecule has 0 radical (unpaired) electrons. The lowest BCUT2D eigenvalue weighted by atomic mass is 9.99. The molecule has 22 heavy (non-hydrogen) atoms. The molecule has 2 saturated heterocycles. The number of benzene rings is 1. The Balaban J connectivity index is 1.72. The summed E-state index contributed by atoms with van der Waals surface area (Å²) in [5.41, 5.74) is -0.862. The zero-order valence-electron chi connectivity index (χ0n) is 11.5. The van der Waals surface area contributed by atoms with E-state index >= 15 is 0 Å². The monoisotopic (exact) mass is 310 g/mol. The van der Waals surface area contributed by atoms with Gasteiger partial charge >= 0.3 is 12.2 Å². The van der Waals surface area contributed by atoms with Gasteiger partial charge in [-0.3, -0.25) is 4.79 Å². The number of imide groups is 1. The van der Waals surface area contributed by atoms with E-state index < -0.39 is 29.7 Å². The van der Waals surface area contributed by atoms with E-state index in [9.17, 15) is 22.8 Å². The Morgan fingerprint density at radius 1 is 1.14 bits per heavy atom. The van der Waals surface area contributed by atoms with Crippen LogP contribution in [0.1, 0.15) is 24.8 Å². The molecule has 4 nitrogen and oxygen atoms in total. The van der Waals surface area contributed by atoms with E-state index in [1.54, 1.807) is 4.90 Å². The van der Waals surface area contributed by atoms with Gasteiger partial charge in [-0.2, -0.15) is 13.2 Å². The molecule has 2 heterocycles. The number of carbonyl (C=O) groups excluding carboxylic acids is 2. The molecule has 3 atom stereocenters. The summed E-state index contributed by atoms with van der Waals surface area (Å²) in [4.78, 5) is 27.5. The van der Waals surface area contributed by atoms with Crippen LogP contribution in [0, 0.1) is 5.92 Å². The van der Waals surface area contributed by atoms with E-state index in [1.807, 2.05) is 0 Å². The fourth-order valence-corrected chi connectivity index (χ4v) is 3.98. The molecule has 0 aromatic heterocycles. The fourth-order valence-electron chi connectivity index (χ4n) is 3.98. The number of hydrogen-bond acceptors (Lipinski definition) is 2. The maximum absolute atomic E-state index is 12.8. The molecule has 116 valence electrons. The summed E-state index contributed by atoms with van der Waals surface area (Å²) in [7, 11) is 0. The predicted molar refractivity (Wildman–Crippen MR) is 71.1 cm³/mol. The van der Waals surface area contributed by atoms with Crippen molar-refractivity contribution in [3.63, 3.8) is 0 Å². The minimum absolute atomic E-state index is 0.00127. The van der Waals surface area contributed by atoms with Crippen LogP contribution in [0.15, 0.2) is 24.3 Å². The van der Waals surface area contributed by atoms with Crippen LogP contribution >= 0.6 is 0 Å². The van der Waals surface area contributed by atoms with Crippen LogP contribution < -0.4 is 4.90 Å². The Morgan fingerprint density at radius 3 is 2.59 bits per heavy atom. The van der Waals surface area contributed by atoms with Gasteiger partial charge in [-0.25, -0.2) is 9.69 Å². The van der Waals surface area contributed by atoms with Crippen LogP contribution in [-0.4, -0.2) is 28.9 Å². The maximum Gasteiger partial charge on any atom is 0.416 e. The number of nitrogens with zero attached hydrogens (tertiary/aromatic N) is 2. The van der Waals surface area contributed by atoms with E-state index in [2.05, 4.69) is 0 Å². The lowest BCUT2D eigenvalue weighted by Crippen LogP contribution is -2.40. The van der Waals surface area contributed by atoms with Gasteiger partial charge in [0.05, 0.1) is 11.3 Å². The molecule has 1 aromatic rings. The number of hydrogen-bond donors (Lipinski definition) is 0. The molecule has 1 aromatic carbocycles. The molecule has 0 N–H and O–H groups in total. The Morgan fingerprint density at radius 2 is 1.91 bits per heavy atom. The number of rotatable bonds is 1. The van der Waals surface area contributed by atoms with Gasteiger partial charge in [-0.05, 0) is 43.4 Å². The summed E-state index contributed by atoms with van der Waals surface area (Å²) < 4.78 is 38.4. The van der Waals surface area contributed by atoms with Crippen LogP contribution in [0.2, 0.25) is 0 Å². The fraction of sp³-hybridized carbons (Fsp3) is 0.467. The second-order valence-electron chi connectivity index (χ2n) is 6.08. The number of alkyl halides is 3. The average Bonchev–Trinajstić information content (AvgIpc) is 3.12. The first-order valence-electron chi connectivity index (χ1n) is 7.21. The predicted octanol–water partition coefficient (Wildman–Crippen LogP) is 3.02. The van der Waals surface area contributed by atoms with Gasteiger partial charge < -0.3 is 4.90 Å². The molecule has 3 fully saturated rings. The third kappa shape index (κ3) is 1.71. The third-order valence-electron chi connectivity index (χ3n) is 4.90. The molecule has 0 unspecified atom stereocenters. The largest absolute Gasteiger partial charge is 0.416 e. The van der Waals surface area contributed by atoms with Gasteiger partial charge in [-0.1, -0.05) is 6.07 Å². The standard InChI is InChI=1S/C15H13F3N2O2/c16-15(17,18)9-2-1-3-10(7-9)20-13(21)12-8-4-5-11(6-8)19(12)14(20)22/h1-3,7-8,11-12H,4-6H2/t8-,11+,12+/m1/s1. The van der Waals surface area contributed by atoms with Crippen molar-refractivity contribution in [2.24, 2.45) is 5.92 Å². The van der Waals surface area contributed by atoms with E-state index in [-0.39, 0.29) is 17.6 Å². The molecule has 7 heteroatoms. The van der Waals surface area contributed by atoms with Crippen molar-refractivity contribution in [3.05, 3.63) is 29.8 Å². The summed E-state index contributed by atoms with van der Waals surface area (Å²) in [5, 5.41) is 0. The second kappa shape index (κ2) is 4.24. The van der Waals surface area contributed by atoms with Gasteiger partial charge in [0.15, 0.2) is 0 Å². The van der Waals surface area contributed by atoms with Crippen molar-refractivity contribution in [1.29, 1.82) is 0 Å². The summed E-state index contributed by atoms with van der Waals surface area (Å²) in [5.74, 6) is -0.242. The average molecular weight is 310 g/mol. The van der Waals surface area contributed by atoms with Crippen molar-refractivity contribution in [1.82, 2.24) is 4.90 Å². The number of halogens is 3. The summed E-state index contributed by atoms with van der Waals surface area (Å²) in [6, 6.07) is 3.47. The number of piperidine rings is 1. The van der Waals surface area contributed by atoms with Crippen LogP contribution in [0.5, 0.6) is 0 Å². The highest BCUT2D eigenvalue weighted by Gasteiger charge is 2.59. The highest BCUT2D eigenvalue weighted by molar-refractivity contribution is 6.22. The first-order valence-corrected chi connectivity index (χ1v) is 7.21. The zero-order valence-corrected chi connectivity index (χ0v) is 11.5. The highest BCUT2D eigenvalue weighted by atomic mass is 19.4. The molecule has 2 bridgehead atoms. The molecule has 4 rings (SSSR count).